The number of hydrogen-bond donors (Lipinski definition) is 1. The van der Waals surface area contributed by atoms with Crippen LogP contribution in [0, 0.1) is 5.41 Å². The predicted molar refractivity (Wildman–Crippen MR) is 59.1 cm³/mol. The molecule has 0 atom stereocenters. The minimum absolute atomic E-state index is 0.554. The number of amidine groups is 1. The van der Waals surface area contributed by atoms with E-state index in [0.29, 0.717) is 5.84 Å². The molecule has 3 nitrogen and oxygen atoms in total. The highest BCUT2D eigenvalue weighted by Gasteiger charge is 2.07. The minimum Gasteiger partial charge on any atom is -0.290 e. The summed E-state index contributed by atoms with van der Waals surface area (Å²) in [7, 11) is 3.89. The lowest BCUT2D eigenvalue weighted by Crippen LogP contribution is -2.39. The number of benzene rings is 1. The molecule has 1 aromatic rings. The Morgan fingerprint density at radius 3 is 2.21 bits per heavy atom. The molecule has 0 fully saturated rings. The molecule has 1 aromatic carbocycles. The van der Waals surface area contributed by atoms with Gasteiger partial charge in [0.15, 0.2) is 0 Å². The fraction of sp³-hybridized carbons (Fsp3) is 0.364. The topological polar surface area (TPSA) is 30.3 Å². The van der Waals surface area contributed by atoms with Crippen molar-refractivity contribution in [3.05, 3.63) is 35.9 Å². The molecule has 0 unspecified atom stereocenters. The maximum absolute atomic E-state index is 7.62. The molecule has 14 heavy (non-hydrogen) atoms. The van der Waals surface area contributed by atoms with E-state index in [4.69, 9.17) is 5.41 Å². The molecule has 76 valence electrons. The van der Waals surface area contributed by atoms with Crippen LogP contribution >= 0.6 is 0 Å². The first kappa shape index (κ1) is 10.7. The summed E-state index contributed by atoms with van der Waals surface area (Å²) in [5.41, 5.74) is 1.22. The third-order valence-corrected chi connectivity index (χ3v) is 2.05. The molecule has 0 amide bonds. The lowest BCUT2D eigenvalue weighted by Gasteiger charge is -2.29. The Morgan fingerprint density at radius 1 is 1.21 bits per heavy atom. The van der Waals surface area contributed by atoms with Crippen LogP contribution in [-0.4, -0.2) is 29.9 Å². The summed E-state index contributed by atoms with van der Waals surface area (Å²) in [6, 6.07) is 10.2. The average Bonchev–Trinajstić information content (AvgIpc) is 2.15. The largest absolute Gasteiger partial charge is 0.290 e. The van der Waals surface area contributed by atoms with E-state index in [2.05, 4.69) is 12.1 Å². The van der Waals surface area contributed by atoms with Crippen molar-refractivity contribution in [1.29, 1.82) is 5.41 Å². The van der Waals surface area contributed by atoms with E-state index in [1.807, 2.05) is 42.3 Å². The van der Waals surface area contributed by atoms with Crippen molar-refractivity contribution in [2.75, 3.05) is 14.1 Å². The quantitative estimate of drug-likeness (QED) is 0.450. The van der Waals surface area contributed by atoms with Gasteiger partial charge >= 0.3 is 0 Å². The fourth-order valence-corrected chi connectivity index (χ4v) is 1.32. The van der Waals surface area contributed by atoms with Gasteiger partial charge in [0, 0.05) is 14.1 Å². The first-order chi connectivity index (χ1) is 6.61. The van der Waals surface area contributed by atoms with Crippen molar-refractivity contribution >= 4 is 5.84 Å². The Kier molecular flexibility index (Phi) is 3.65. The van der Waals surface area contributed by atoms with E-state index in [-0.39, 0.29) is 0 Å². The van der Waals surface area contributed by atoms with Crippen molar-refractivity contribution in [2.24, 2.45) is 0 Å². The van der Waals surface area contributed by atoms with Gasteiger partial charge in [0.1, 0.15) is 5.84 Å². The van der Waals surface area contributed by atoms with E-state index < -0.39 is 0 Å². The van der Waals surface area contributed by atoms with Crippen LogP contribution < -0.4 is 0 Å². The minimum atomic E-state index is 0.554. The second-order valence-electron chi connectivity index (χ2n) is 3.48. The number of hydrazine groups is 1. The molecule has 0 aliphatic heterocycles. The molecule has 0 saturated heterocycles. The van der Waals surface area contributed by atoms with Crippen LogP contribution in [-0.2, 0) is 6.54 Å². The Labute approximate surface area is 85.4 Å². The van der Waals surface area contributed by atoms with E-state index in [1.54, 1.807) is 6.92 Å². The fourth-order valence-electron chi connectivity index (χ4n) is 1.32. The van der Waals surface area contributed by atoms with Crippen molar-refractivity contribution in [3.8, 4) is 0 Å². The van der Waals surface area contributed by atoms with E-state index >= 15 is 0 Å². The standard InChI is InChI=1S/C11H17N3/c1-10(12)14(13(2)3)9-11-7-5-4-6-8-11/h4-8,12H,9H2,1-3H3. The van der Waals surface area contributed by atoms with Crippen LogP contribution in [0.5, 0.6) is 0 Å². The Morgan fingerprint density at radius 2 is 1.79 bits per heavy atom. The van der Waals surface area contributed by atoms with E-state index in [9.17, 15) is 0 Å². The summed E-state index contributed by atoms with van der Waals surface area (Å²) in [4.78, 5) is 0. The van der Waals surface area contributed by atoms with Crippen molar-refractivity contribution < 1.29 is 0 Å². The highest BCUT2D eigenvalue weighted by atomic mass is 15.6. The zero-order valence-corrected chi connectivity index (χ0v) is 8.99. The van der Waals surface area contributed by atoms with Gasteiger partial charge in [-0.15, -0.1) is 0 Å². The van der Waals surface area contributed by atoms with Gasteiger partial charge in [-0.25, -0.2) is 5.01 Å². The normalized spacial score (nSPS) is 10.3. The summed E-state index contributed by atoms with van der Waals surface area (Å²) in [5.74, 6) is 0.554. The molecule has 0 spiro atoms. The monoisotopic (exact) mass is 191 g/mol. The molecule has 1 N–H and O–H groups in total. The van der Waals surface area contributed by atoms with Gasteiger partial charge in [-0.05, 0) is 12.5 Å². The maximum Gasteiger partial charge on any atom is 0.107 e. The van der Waals surface area contributed by atoms with Gasteiger partial charge in [-0.2, -0.15) is 0 Å². The molecule has 0 aliphatic rings. The number of rotatable bonds is 3. The Bertz CT molecular complexity index is 293. The molecule has 0 heterocycles. The zero-order chi connectivity index (χ0) is 10.6. The lowest BCUT2D eigenvalue weighted by atomic mass is 10.2. The molecule has 0 bridgehead atoms. The van der Waals surface area contributed by atoms with E-state index in [1.165, 1.54) is 5.56 Å². The summed E-state index contributed by atoms with van der Waals surface area (Å²) in [5, 5.41) is 11.5. The summed E-state index contributed by atoms with van der Waals surface area (Å²) in [6.45, 7) is 2.55. The summed E-state index contributed by atoms with van der Waals surface area (Å²) < 4.78 is 0. The van der Waals surface area contributed by atoms with Crippen molar-refractivity contribution in [3.63, 3.8) is 0 Å². The average molecular weight is 191 g/mol. The van der Waals surface area contributed by atoms with Gasteiger partial charge in [-0.1, -0.05) is 30.3 Å². The van der Waals surface area contributed by atoms with Gasteiger partial charge in [0.05, 0.1) is 6.54 Å². The van der Waals surface area contributed by atoms with Gasteiger partial charge in [0.25, 0.3) is 0 Å². The smallest absolute Gasteiger partial charge is 0.107 e. The van der Waals surface area contributed by atoms with Crippen LogP contribution in [0.15, 0.2) is 30.3 Å². The van der Waals surface area contributed by atoms with Gasteiger partial charge in [-0.3, -0.25) is 10.4 Å². The lowest BCUT2D eigenvalue weighted by molar-refractivity contribution is 0.100. The summed E-state index contributed by atoms with van der Waals surface area (Å²) >= 11 is 0. The third kappa shape index (κ3) is 2.85. The maximum atomic E-state index is 7.62. The highest BCUT2D eigenvalue weighted by Crippen LogP contribution is 2.05. The van der Waals surface area contributed by atoms with Crippen LogP contribution in [0.4, 0.5) is 0 Å². The molecule has 3 heteroatoms. The van der Waals surface area contributed by atoms with Crippen molar-refractivity contribution in [2.45, 2.75) is 13.5 Å². The molecule has 0 radical (unpaired) electrons. The molecular formula is C11H17N3. The van der Waals surface area contributed by atoms with Crippen molar-refractivity contribution in [1.82, 2.24) is 10.0 Å². The predicted octanol–water partition coefficient (Wildman–Crippen LogP) is 1.96. The number of nitrogens with one attached hydrogen (secondary N) is 1. The van der Waals surface area contributed by atoms with Gasteiger partial charge in [0.2, 0.25) is 0 Å². The first-order valence-corrected chi connectivity index (χ1v) is 4.65. The zero-order valence-electron chi connectivity index (χ0n) is 8.99. The second kappa shape index (κ2) is 4.77. The third-order valence-electron chi connectivity index (χ3n) is 2.05. The molecule has 1 rings (SSSR count). The van der Waals surface area contributed by atoms with Crippen LogP contribution in [0.1, 0.15) is 12.5 Å². The van der Waals surface area contributed by atoms with E-state index in [0.717, 1.165) is 6.54 Å². The van der Waals surface area contributed by atoms with Crippen LogP contribution in [0.25, 0.3) is 0 Å². The van der Waals surface area contributed by atoms with Gasteiger partial charge < -0.3 is 0 Å². The number of nitrogens with zero attached hydrogens (tertiary/aromatic N) is 2. The molecule has 0 aromatic heterocycles. The molecule has 0 aliphatic carbocycles. The van der Waals surface area contributed by atoms with Crippen LogP contribution in [0.2, 0.25) is 0 Å². The highest BCUT2D eigenvalue weighted by molar-refractivity contribution is 5.75. The Hall–Kier alpha value is -1.35. The molecular weight excluding hydrogens is 174 g/mol. The SMILES string of the molecule is CC(=N)N(Cc1ccccc1)N(C)C. The summed E-state index contributed by atoms with van der Waals surface area (Å²) in [6.07, 6.45) is 0. The molecule has 0 saturated carbocycles. The van der Waals surface area contributed by atoms with Crippen LogP contribution in [0.3, 0.4) is 0 Å². The first-order valence-electron chi connectivity index (χ1n) is 4.65. The Balaban J connectivity index is 2.70. The second-order valence-corrected chi connectivity index (χ2v) is 3.48. The number of hydrogen-bond acceptors (Lipinski definition) is 2.